The molecular formula is C61H60IrN3. The van der Waals surface area contributed by atoms with Crippen molar-refractivity contribution in [2.45, 2.75) is 105 Å². The van der Waals surface area contributed by atoms with Crippen molar-refractivity contribution in [3.8, 4) is 44.9 Å². The standard InChI is InChI=1S/C61H60N3.Ir/c1-41(2)45-25-27-46(28-26-45)54-35-59(49-23-17-12-18-24-49)62-38-50(54)29-32-53-42(3)55(36-60(6,7)51-30-33-57(63-39-51)47-19-13-10-14-20-47)44(5)56(43(53)4)37-61(8,9)52-31-34-58(64-40-52)48-21-15-11-16-22-48;/h10-19,21,23,25-28,30-31,33-35,38-41H,29,32,36-37H2,1-9H3;/q-3;+3/i29D2,32D2;. The van der Waals surface area contributed by atoms with Crippen molar-refractivity contribution < 1.29 is 25.6 Å². The Morgan fingerprint density at radius 3 is 1.38 bits per heavy atom. The van der Waals surface area contributed by atoms with Gasteiger partial charge in [-0.2, -0.15) is 0 Å². The molecule has 0 N–H and O–H groups in total. The van der Waals surface area contributed by atoms with E-state index in [2.05, 4.69) is 90.9 Å². The molecule has 0 radical (unpaired) electrons. The van der Waals surface area contributed by atoms with E-state index in [9.17, 15) is 5.48 Å². The molecule has 8 rings (SSSR count). The van der Waals surface area contributed by atoms with Crippen molar-refractivity contribution in [2.24, 2.45) is 0 Å². The van der Waals surface area contributed by atoms with Crippen molar-refractivity contribution in [2.75, 3.05) is 0 Å². The molecule has 0 atom stereocenters. The maximum atomic E-state index is 10.3. The van der Waals surface area contributed by atoms with Gasteiger partial charge in [0.1, 0.15) is 0 Å². The van der Waals surface area contributed by atoms with E-state index in [1.54, 1.807) is 6.20 Å². The normalized spacial score (nSPS) is 13.1. The molecule has 0 saturated carbocycles. The maximum absolute atomic E-state index is 10.3. The predicted molar refractivity (Wildman–Crippen MR) is 267 cm³/mol. The summed E-state index contributed by atoms with van der Waals surface area (Å²) in [5, 5.41) is 0. The number of hydrogen-bond donors (Lipinski definition) is 0. The Balaban J connectivity index is 0.00000703. The Bertz CT molecular complexity index is 2900. The zero-order valence-electron chi connectivity index (χ0n) is 43.0. The summed E-state index contributed by atoms with van der Waals surface area (Å²) in [5.41, 5.74) is 13.9. The van der Waals surface area contributed by atoms with Gasteiger partial charge >= 0.3 is 20.1 Å². The summed E-state index contributed by atoms with van der Waals surface area (Å²) < 4.78 is 40.7. The molecule has 3 heterocycles. The predicted octanol–water partition coefficient (Wildman–Crippen LogP) is 14.8. The quantitative estimate of drug-likeness (QED) is 0.102. The monoisotopic (exact) mass is 1030 g/mol. The van der Waals surface area contributed by atoms with Gasteiger partial charge in [0, 0.05) is 24.1 Å². The number of benzene rings is 5. The van der Waals surface area contributed by atoms with E-state index >= 15 is 0 Å². The van der Waals surface area contributed by atoms with E-state index in [1.807, 2.05) is 129 Å². The summed E-state index contributed by atoms with van der Waals surface area (Å²) in [6, 6.07) is 51.5. The third-order valence-corrected chi connectivity index (χ3v) is 13.0. The van der Waals surface area contributed by atoms with E-state index in [-0.39, 0.29) is 25.7 Å². The Hall–Kier alpha value is -5.80. The first-order valence-corrected chi connectivity index (χ1v) is 22.4. The zero-order valence-corrected chi connectivity index (χ0v) is 41.4. The van der Waals surface area contributed by atoms with Gasteiger partial charge in [0.15, 0.2) is 0 Å². The minimum absolute atomic E-state index is 0. The Morgan fingerprint density at radius 1 is 0.523 bits per heavy atom. The first-order valence-electron chi connectivity index (χ1n) is 24.4. The number of rotatable bonds is 14. The number of aromatic nitrogens is 3. The molecule has 0 aliphatic heterocycles. The minimum Gasteiger partial charge on any atom is -0.304 e. The summed E-state index contributed by atoms with van der Waals surface area (Å²) in [6.07, 6.45) is 1.51. The van der Waals surface area contributed by atoms with Gasteiger partial charge in [-0.25, -0.2) is 0 Å². The molecule has 3 nitrogen and oxygen atoms in total. The molecule has 0 saturated heterocycles. The van der Waals surface area contributed by atoms with E-state index < -0.39 is 23.6 Å². The average molecular weight is 1030 g/mol. The molecule has 0 amide bonds. The van der Waals surface area contributed by atoms with Crippen LogP contribution in [0.5, 0.6) is 0 Å². The second-order valence-electron chi connectivity index (χ2n) is 18.7. The van der Waals surface area contributed by atoms with Crippen LogP contribution in [0.1, 0.15) is 109 Å². The first-order chi connectivity index (χ1) is 32.3. The van der Waals surface area contributed by atoms with Crippen LogP contribution in [0.2, 0.25) is 0 Å². The molecule has 5 aromatic carbocycles. The van der Waals surface area contributed by atoms with Gasteiger partial charge in [-0.05, 0) is 147 Å². The summed E-state index contributed by atoms with van der Waals surface area (Å²) >= 11 is 0. The van der Waals surface area contributed by atoms with Gasteiger partial charge in [0.2, 0.25) is 0 Å². The number of hydrogen-bond acceptors (Lipinski definition) is 3. The topological polar surface area (TPSA) is 38.7 Å². The summed E-state index contributed by atoms with van der Waals surface area (Å²) in [4.78, 5) is 14.6. The average Bonchev–Trinajstić information content (AvgIpc) is 3.35. The molecule has 3 aromatic heterocycles. The van der Waals surface area contributed by atoms with E-state index in [0.29, 0.717) is 35.6 Å². The van der Waals surface area contributed by atoms with Gasteiger partial charge < -0.3 is 15.0 Å². The summed E-state index contributed by atoms with van der Waals surface area (Å²) in [5.74, 6) is 0.314. The molecule has 0 aliphatic rings. The van der Waals surface area contributed by atoms with Crippen molar-refractivity contribution in [3.63, 3.8) is 0 Å². The first kappa shape index (κ1) is 41.9. The van der Waals surface area contributed by atoms with Crippen LogP contribution < -0.4 is 0 Å². The summed E-state index contributed by atoms with van der Waals surface area (Å²) in [7, 11) is 0. The van der Waals surface area contributed by atoms with Crippen LogP contribution in [0.25, 0.3) is 44.9 Å². The van der Waals surface area contributed by atoms with Crippen molar-refractivity contribution >= 4 is 0 Å². The van der Waals surface area contributed by atoms with E-state index in [1.165, 1.54) is 5.56 Å². The van der Waals surface area contributed by atoms with Gasteiger partial charge in [-0.15, -0.1) is 108 Å². The molecule has 0 aliphatic carbocycles. The zero-order chi connectivity index (χ0) is 48.6. The Morgan fingerprint density at radius 2 is 0.969 bits per heavy atom. The van der Waals surface area contributed by atoms with Crippen molar-refractivity contribution in [3.05, 3.63) is 220 Å². The largest absolute Gasteiger partial charge is 3.00 e. The minimum atomic E-state index is -2.54. The van der Waals surface area contributed by atoms with Crippen LogP contribution in [0.3, 0.4) is 0 Å². The fraction of sp³-hybridized carbons (Fsp3) is 0.262. The van der Waals surface area contributed by atoms with Gasteiger partial charge in [0.05, 0.1) is 0 Å². The van der Waals surface area contributed by atoms with E-state index in [4.69, 9.17) is 15.0 Å². The molecule has 0 spiro atoms. The van der Waals surface area contributed by atoms with Crippen LogP contribution >= 0.6 is 0 Å². The molecule has 0 unspecified atom stereocenters. The maximum Gasteiger partial charge on any atom is 3.00 e. The van der Waals surface area contributed by atoms with Crippen molar-refractivity contribution in [1.29, 1.82) is 0 Å². The molecule has 4 heteroatoms. The summed E-state index contributed by atoms with van der Waals surface area (Å²) in [6.45, 7) is 19.3. The second kappa shape index (κ2) is 20.2. The third-order valence-electron chi connectivity index (χ3n) is 13.0. The number of aryl methyl sites for hydroxylation is 1. The Labute approximate surface area is 407 Å². The fourth-order valence-electron chi connectivity index (χ4n) is 8.82. The molecule has 65 heavy (non-hydrogen) atoms. The molecule has 0 bridgehead atoms. The fourth-order valence-corrected chi connectivity index (χ4v) is 8.82. The molecule has 8 aromatic rings. The third kappa shape index (κ3) is 10.5. The molecule has 328 valence electrons. The number of pyridine rings is 3. The van der Waals surface area contributed by atoms with Gasteiger partial charge in [-0.1, -0.05) is 96.1 Å². The van der Waals surface area contributed by atoms with Gasteiger partial charge in [-0.3, -0.25) is 0 Å². The van der Waals surface area contributed by atoms with Crippen molar-refractivity contribution in [1.82, 2.24) is 15.0 Å². The second-order valence-corrected chi connectivity index (χ2v) is 18.7. The Kier molecular flexibility index (Phi) is 13.0. The van der Waals surface area contributed by atoms with E-state index in [0.717, 1.165) is 72.6 Å². The van der Waals surface area contributed by atoms with Crippen LogP contribution in [0.15, 0.2) is 146 Å². The van der Waals surface area contributed by atoms with Crippen LogP contribution in [-0.4, -0.2) is 15.0 Å². The van der Waals surface area contributed by atoms with Gasteiger partial charge in [0.25, 0.3) is 0 Å². The van der Waals surface area contributed by atoms with Crippen LogP contribution in [0, 0.1) is 39.0 Å². The molecular weight excluding hydrogens is 967 g/mol. The smallest absolute Gasteiger partial charge is 0.304 e. The van der Waals surface area contributed by atoms with Crippen LogP contribution in [-0.2, 0) is 56.5 Å². The molecule has 0 fully saturated rings. The van der Waals surface area contributed by atoms with Crippen LogP contribution in [0.4, 0.5) is 0 Å². The SMILES string of the molecule is [2H]C([2H])(c1cnc(-c2[c-]cccc2)cc1-c1ccc(C(C)C)cc1)C([2H])([2H])c1c(C)c(CC(C)(C)c2ccc(-c3[c-]cccc3)nc2)c(C)c(CC(C)(C)c2ccc(-c3[c-]cccc3)nc2)c1C.[Ir+3]. The number of nitrogens with zero attached hydrogens (tertiary/aromatic N) is 3.